The molecule has 1 aliphatic rings. The summed E-state index contributed by atoms with van der Waals surface area (Å²) < 4.78 is 59.6. The number of amides is 1. The van der Waals surface area contributed by atoms with E-state index < -0.39 is 26.0 Å². The van der Waals surface area contributed by atoms with Gasteiger partial charge in [0.2, 0.25) is 10.0 Å². The van der Waals surface area contributed by atoms with Gasteiger partial charge in [-0.1, -0.05) is 24.3 Å². The molecule has 3 aromatic rings. The molecular formula is C25H27N3O6S2. The van der Waals surface area contributed by atoms with Crippen molar-refractivity contribution < 1.29 is 26.4 Å². The van der Waals surface area contributed by atoms with E-state index in [1.54, 1.807) is 42.5 Å². The fourth-order valence-corrected chi connectivity index (χ4v) is 6.27. The van der Waals surface area contributed by atoms with Crippen molar-refractivity contribution in [3.8, 4) is 0 Å². The Morgan fingerprint density at radius 2 is 1.56 bits per heavy atom. The molecule has 190 valence electrons. The second-order valence-electron chi connectivity index (χ2n) is 8.42. The minimum atomic E-state index is -3.78. The number of nitrogens with zero attached hydrogens (tertiary/aromatic N) is 1. The number of sulfonamides is 2. The molecule has 11 heteroatoms. The molecule has 0 saturated carbocycles. The normalized spacial score (nSPS) is 14.8. The summed E-state index contributed by atoms with van der Waals surface area (Å²) in [6.07, 6.45) is 0. The molecule has 1 heterocycles. The van der Waals surface area contributed by atoms with E-state index in [2.05, 4.69) is 10.0 Å². The first-order chi connectivity index (χ1) is 17.1. The molecule has 1 saturated heterocycles. The number of benzene rings is 3. The van der Waals surface area contributed by atoms with Gasteiger partial charge in [0.1, 0.15) is 0 Å². The van der Waals surface area contributed by atoms with Crippen molar-refractivity contribution in [3.05, 3.63) is 89.5 Å². The monoisotopic (exact) mass is 529 g/mol. The molecule has 0 unspecified atom stereocenters. The molecule has 1 aliphatic heterocycles. The van der Waals surface area contributed by atoms with E-state index in [4.69, 9.17) is 4.74 Å². The summed E-state index contributed by atoms with van der Waals surface area (Å²) in [6, 6.07) is 19.2. The summed E-state index contributed by atoms with van der Waals surface area (Å²) in [4.78, 5) is 12.7. The molecule has 9 nitrogen and oxygen atoms in total. The zero-order valence-electron chi connectivity index (χ0n) is 19.7. The smallest absolute Gasteiger partial charge is 0.261 e. The molecule has 0 aliphatic carbocycles. The van der Waals surface area contributed by atoms with Gasteiger partial charge in [0.15, 0.2) is 0 Å². The van der Waals surface area contributed by atoms with E-state index in [0.29, 0.717) is 48.8 Å². The van der Waals surface area contributed by atoms with Crippen LogP contribution in [0, 0.1) is 6.92 Å². The summed E-state index contributed by atoms with van der Waals surface area (Å²) in [5, 5.41) is 2.72. The minimum absolute atomic E-state index is 0.0628. The number of hydrogen-bond donors (Lipinski definition) is 2. The van der Waals surface area contributed by atoms with Gasteiger partial charge < -0.3 is 10.1 Å². The van der Waals surface area contributed by atoms with Crippen LogP contribution in [-0.4, -0.2) is 53.4 Å². The van der Waals surface area contributed by atoms with Crippen LogP contribution in [0.4, 0.5) is 11.4 Å². The standard InChI is InChI=1S/C25H27N3O6S2/c1-19-3-2-4-23(17-19)27-36(32,33)24-11-9-22(10-12-24)26-25(29)21-7-5-20(6-8-21)18-35(30,31)28-13-15-34-16-14-28/h2-12,17,27H,13-16,18H2,1H3,(H,26,29). The second kappa shape index (κ2) is 10.8. The summed E-state index contributed by atoms with van der Waals surface area (Å²) in [5.74, 6) is -0.549. The van der Waals surface area contributed by atoms with Crippen LogP contribution in [-0.2, 0) is 30.5 Å². The van der Waals surface area contributed by atoms with Crippen molar-refractivity contribution in [2.45, 2.75) is 17.6 Å². The van der Waals surface area contributed by atoms with Crippen molar-refractivity contribution >= 4 is 37.3 Å². The average molecular weight is 530 g/mol. The highest BCUT2D eigenvalue weighted by Crippen LogP contribution is 2.20. The maximum atomic E-state index is 12.6. The Kier molecular flexibility index (Phi) is 7.74. The maximum Gasteiger partial charge on any atom is 0.261 e. The minimum Gasteiger partial charge on any atom is -0.379 e. The van der Waals surface area contributed by atoms with Crippen molar-refractivity contribution in [1.29, 1.82) is 0 Å². The molecule has 1 fully saturated rings. The largest absolute Gasteiger partial charge is 0.379 e. The maximum absolute atomic E-state index is 12.6. The third-order valence-electron chi connectivity index (χ3n) is 5.62. The second-order valence-corrected chi connectivity index (χ2v) is 12.1. The molecule has 0 atom stereocenters. The van der Waals surface area contributed by atoms with E-state index in [9.17, 15) is 21.6 Å². The molecule has 1 amide bonds. The van der Waals surface area contributed by atoms with Crippen molar-refractivity contribution in [3.63, 3.8) is 0 Å². The fraction of sp³-hybridized carbons (Fsp3) is 0.240. The molecule has 4 rings (SSSR count). The lowest BCUT2D eigenvalue weighted by Gasteiger charge is -2.26. The molecule has 0 bridgehead atoms. The number of morpholine rings is 1. The van der Waals surface area contributed by atoms with Gasteiger partial charge in [-0.15, -0.1) is 0 Å². The lowest BCUT2D eigenvalue weighted by atomic mass is 10.1. The lowest BCUT2D eigenvalue weighted by Crippen LogP contribution is -2.41. The Morgan fingerprint density at radius 3 is 2.19 bits per heavy atom. The summed E-state index contributed by atoms with van der Waals surface area (Å²) in [5.41, 5.74) is 2.75. The van der Waals surface area contributed by atoms with Crippen LogP contribution in [0.2, 0.25) is 0 Å². The summed E-state index contributed by atoms with van der Waals surface area (Å²) in [7, 11) is -7.24. The molecule has 0 radical (unpaired) electrons. The van der Waals surface area contributed by atoms with Gasteiger partial charge in [0.25, 0.3) is 15.9 Å². The number of carbonyl (C=O) groups excluding carboxylic acids is 1. The Hall–Kier alpha value is -3.25. The summed E-state index contributed by atoms with van der Waals surface area (Å²) in [6.45, 7) is 3.31. The van der Waals surface area contributed by atoms with Crippen molar-refractivity contribution in [2.24, 2.45) is 0 Å². The average Bonchev–Trinajstić information content (AvgIpc) is 2.85. The lowest BCUT2D eigenvalue weighted by molar-refractivity contribution is 0.0729. The molecule has 0 spiro atoms. The predicted molar refractivity (Wildman–Crippen MR) is 138 cm³/mol. The van der Waals surface area contributed by atoms with Gasteiger partial charge in [0, 0.05) is 30.0 Å². The van der Waals surface area contributed by atoms with Gasteiger partial charge in [0.05, 0.1) is 23.9 Å². The Morgan fingerprint density at radius 1 is 0.889 bits per heavy atom. The predicted octanol–water partition coefficient (Wildman–Crippen LogP) is 3.21. The number of aryl methyl sites for hydroxylation is 1. The van der Waals surface area contributed by atoms with Crippen LogP contribution in [0.5, 0.6) is 0 Å². The highest BCUT2D eigenvalue weighted by atomic mass is 32.2. The van der Waals surface area contributed by atoms with E-state index in [0.717, 1.165) is 5.56 Å². The van der Waals surface area contributed by atoms with Gasteiger partial charge in [-0.05, 0) is 66.6 Å². The van der Waals surface area contributed by atoms with Gasteiger partial charge >= 0.3 is 0 Å². The van der Waals surface area contributed by atoms with Crippen LogP contribution in [0.1, 0.15) is 21.5 Å². The van der Waals surface area contributed by atoms with E-state index >= 15 is 0 Å². The van der Waals surface area contributed by atoms with E-state index in [1.807, 2.05) is 13.0 Å². The summed E-state index contributed by atoms with van der Waals surface area (Å²) >= 11 is 0. The third kappa shape index (κ3) is 6.49. The van der Waals surface area contributed by atoms with Crippen LogP contribution in [0.25, 0.3) is 0 Å². The number of ether oxygens (including phenoxy) is 1. The highest BCUT2D eigenvalue weighted by molar-refractivity contribution is 7.92. The quantitative estimate of drug-likeness (QED) is 0.462. The number of rotatable bonds is 8. The van der Waals surface area contributed by atoms with Crippen LogP contribution < -0.4 is 10.0 Å². The number of nitrogens with one attached hydrogen (secondary N) is 2. The van der Waals surface area contributed by atoms with Crippen LogP contribution in [0.15, 0.2) is 77.7 Å². The Bertz CT molecular complexity index is 1430. The first-order valence-electron chi connectivity index (χ1n) is 11.3. The van der Waals surface area contributed by atoms with Gasteiger partial charge in [-0.25, -0.2) is 16.8 Å². The molecule has 36 heavy (non-hydrogen) atoms. The van der Waals surface area contributed by atoms with Crippen molar-refractivity contribution in [2.75, 3.05) is 36.3 Å². The van der Waals surface area contributed by atoms with Crippen LogP contribution >= 0.6 is 0 Å². The Labute approximate surface area is 211 Å². The highest BCUT2D eigenvalue weighted by Gasteiger charge is 2.24. The zero-order chi connectivity index (χ0) is 25.8. The SMILES string of the molecule is Cc1cccc(NS(=O)(=O)c2ccc(NC(=O)c3ccc(CS(=O)(=O)N4CCOCC4)cc3)cc2)c1. The van der Waals surface area contributed by atoms with Gasteiger partial charge in [-0.2, -0.15) is 4.31 Å². The number of anilines is 2. The first-order valence-corrected chi connectivity index (χ1v) is 14.4. The van der Waals surface area contributed by atoms with E-state index in [1.165, 1.54) is 28.6 Å². The fourth-order valence-electron chi connectivity index (χ4n) is 3.72. The van der Waals surface area contributed by atoms with Crippen molar-refractivity contribution in [1.82, 2.24) is 4.31 Å². The Balaban J connectivity index is 1.37. The molecule has 3 aromatic carbocycles. The molecule has 0 aromatic heterocycles. The first kappa shape index (κ1) is 25.8. The molecule has 2 N–H and O–H groups in total. The molecular weight excluding hydrogens is 502 g/mol. The zero-order valence-corrected chi connectivity index (χ0v) is 21.3. The van der Waals surface area contributed by atoms with Crippen LogP contribution in [0.3, 0.4) is 0 Å². The van der Waals surface area contributed by atoms with Gasteiger partial charge in [-0.3, -0.25) is 9.52 Å². The van der Waals surface area contributed by atoms with E-state index in [-0.39, 0.29) is 10.6 Å². The number of hydrogen-bond acceptors (Lipinski definition) is 6. The number of carbonyl (C=O) groups is 1. The third-order valence-corrected chi connectivity index (χ3v) is 8.87. The topological polar surface area (TPSA) is 122 Å².